The van der Waals surface area contributed by atoms with Gasteiger partial charge in [-0.15, -0.1) is 0 Å². The molecule has 4 heteroatoms. The normalized spacial score (nSPS) is 12.4. The van der Waals surface area contributed by atoms with Crippen molar-refractivity contribution in [3.63, 3.8) is 0 Å². The predicted molar refractivity (Wildman–Crippen MR) is 69.6 cm³/mol. The van der Waals surface area contributed by atoms with Crippen LogP contribution in [-0.2, 0) is 0 Å². The van der Waals surface area contributed by atoms with Gasteiger partial charge in [0.25, 0.3) is 0 Å². The second kappa shape index (κ2) is 5.27. The summed E-state index contributed by atoms with van der Waals surface area (Å²) in [5.74, 6) is 5.61. The molecule has 0 saturated carbocycles. The summed E-state index contributed by atoms with van der Waals surface area (Å²) in [7, 11) is 0. The third kappa shape index (κ3) is 2.64. The highest BCUT2D eigenvalue weighted by atomic mass is 35.5. The standard InChI is InChI=1S/C13H14ClN3/c1-9-6-7-16-12(8-9)13(17-15)10-4-2-3-5-11(10)14/h2-8,13,17H,15H2,1H3. The average molecular weight is 248 g/mol. The summed E-state index contributed by atoms with van der Waals surface area (Å²) in [6, 6.07) is 11.4. The smallest absolute Gasteiger partial charge is 0.0895 e. The van der Waals surface area contributed by atoms with E-state index < -0.39 is 0 Å². The second-order valence-electron chi connectivity index (χ2n) is 3.88. The minimum absolute atomic E-state index is 0.191. The Labute approximate surface area is 106 Å². The molecular formula is C13H14ClN3. The molecular weight excluding hydrogens is 234 g/mol. The predicted octanol–water partition coefficient (Wildman–Crippen LogP) is 2.60. The highest BCUT2D eigenvalue weighted by Crippen LogP contribution is 2.26. The van der Waals surface area contributed by atoms with Gasteiger partial charge in [0.05, 0.1) is 11.7 Å². The van der Waals surface area contributed by atoms with E-state index in [0.29, 0.717) is 5.02 Å². The first-order valence-electron chi connectivity index (χ1n) is 5.35. The molecule has 0 aliphatic carbocycles. The zero-order valence-electron chi connectivity index (χ0n) is 9.52. The summed E-state index contributed by atoms with van der Waals surface area (Å²) in [5.41, 5.74) is 5.68. The van der Waals surface area contributed by atoms with Crippen LogP contribution in [0.1, 0.15) is 22.9 Å². The van der Waals surface area contributed by atoms with Crippen LogP contribution >= 0.6 is 11.6 Å². The summed E-state index contributed by atoms with van der Waals surface area (Å²) in [6.07, 6.45) is 1.77. The number of aromatic nitrogens is 1. The molecule has 0 spiro atoms. The van der Waals surface area contributed by atoms with Gasteiger partial charge in [-0.1, -0.05) is 29.8 Å². The Bertz CT molecular complexity index is 514. The van der Waals surface area contributed by atoms with Crippen LogP contribution in [0.15, 0.2) is 42.6 Å². The van der Waals surface area contributed by atoms with Gasteiger partial charge in [0.1, 0.15) is 0 Å². The number of hydrogen-bond acceptors (Lipinski definition) is 3. The molecule has 0 radical (unpaired) electrons. The Morgan fingerprint density at radius 1 is 1.29 bits per heavy atom. The topological polar surface area (TPSA) is 50.9 Å². The van der Waals surface area contributed by atoms with Crippen molar-refractivity contribution >= 4 is 11.6 Å². The lowest BCUT2D eigenvalue weighted by molar-refractivity contribution is 0.620. The van der Waals surface area contributed by atoms with Crippen LogP contribution in [0.25, 0.3) is 0 Å². The molecule has 3 N–H and O–H groups in total. The summed E-state index contributed by atoms with van der Waals surface area (Å²) in [6.45, 7) is 2.02. The van der Waals surface area contributed by atoms with E-state index in [-0.39, 0.29) is 6.04 Å². The number of halogens is 1. The molecule has 3 nitrogen and oxygen atoms in total. The monoisotopic (exact) mass is 247 g/mol. The summed E-state index contributed by atoms with van der Waals surface area (Å²) >= 11 is 6.16. The fraction of sp³-hybridized carbons (Fsp3) is 0.154. The minimum atomic E-state index is -0.191. The van der Waals surface area contributed by atoms with Crippen molar-refractivity contribution in [2.24, 2.45) is 5.84 Å². The third-order valence-corrected chi connectivity index (χ3v) is 2.96. The number of hydrogen-bond donors (Lipinski definition) is 2. The fourth-order valence-electron chi connectivity index (χ4n) is 1.76. The minimum Gasteiger partial charge on any atom is -0.271 e. The second-order valence-corrected chi connectivity index (χ2v) is 4.29. The third-order valence-electron chi connectivity index (χ3n) is 2.62. The summed E-state index contributed by atoms with van der Waals surface area (Å²) < 4.78 is 0. The average Bonchev–Trinajstić information content (AvgIpc) is 2.33. The van der Waals surface area contributed by atoms with Gasteiger partial charge < -0.3 is 0 Å². The van der Waals surface area contributed by atoms with Gasteiger partial charge in [-0.05, 0) is 36.2 Å². The van der Waals surface area contributed by atoms with E-state index in [1.165, 1.54) is 0 Å². The van der Waals surface area contributed by atoms with E-state index in [1.807, 2.05) is 43.3 Å². The number of nitrogens with two attached hydrogens (primary N) is 1. The molecule has 0 fully saturated rings. The van der Waals surface area contributed by atoms with Gasteiger partial charge in [0, 0.05) is 11.2 Å². The molecule has 2 rings (SSSR count). The summed E-state index contributed by atoms with van der Waals surface area (Å²) in [4.78, 5) is 4.33. The first kappa shape index (κ1) is 12.0. The number of benzene rings is 1. The van der Waals surface area contributed by atoms with Crippen LogP contribution in [0.5, 0.6) is 0 Å². The maximum Gasteiger partial charge on any atom is 0.0895 e. The molecule has 0 aliphatic rings. The number of nitrogens with zero attached hydrogens (tertiary/aromatic N) is 1. The van der Waals surface area contributed by atoms with Crippen LogP contribution in [0, 0.1) is 6.92 Å². The Hall–Kier alpha value is -1.42. The zero-order chi connectivity index (χ0) is 12.3. The number of hydrazine groups is 1. The van der Waals surface area contributed by atoms with Crippen molar-refractivity contribution in [2.45, 2.75) is 13.0 Å². The molecule has 1 unspecified atom stereocenters. The van der Waals surface area contributed by atoms with E-state index >= 15 is 0 Å². The Kier molecular flexibility index (Phi) is 3.74. The number of aryl methyl sites for hydroxylation is 1. The molecule has 0 amide bonds. The molecule has 1 atom stereocenters. The van der Waals surface area contributed by atoms with Crippen molar-refractivity contribution < 1.29 is 0 Å². The van der Waals surface area contributed by atoms with Crippen molar-refractivity contribution in [3.05, 3.63) is 64.4 Å². The van der Waals surface area contributed by atoms with Gasteiger partial charge in [-0.2, -0.15) is 0 Å². The van der Waals surface area contributed by atoms with Crippen molar-refractivity contribution in [1.82, 2.24) is 10.4 Å². The maximum atomic E-state index is 6.16. The van der Waals surface area contributed by atoms with E-state index in [1.54, 1.807) is 6.20 Å². The molecule has 0 bridgehead atoms. The summed E-state index contributed by atoms with van der Waals surface area (Å²) in [5, 5.41) is 0.679. The van der Waals surface area contributed by atoms with Crippen molar-refractivity contribution in [2.75, 3.05) is 0 Å². The molecule has 1 aromatic heterocycles. The zero-order valence-corrected chi connectivity index (χ0v) is 10.3. The quantitative estimate of drug-likeness (QED) is 0.648. The highest BCUT2D eigenvalue weighted by molar-refractivity contribution is 6.31. The van der Waals surface area contributed by atoms with E-state index in [9.17, 15) is 0 Å². The van der Waals surface area contributed by atoms with E-state index in [2.05, 4.69) is 10.4 Å². The molecule has 0 saturated heterocycles. The number of nitrogens with one attached hydrogen (secondary N) is 1. The van der Waals surface area contributed by atoms with E-state index in [4.69, 9.17) is 17.4 Å². The van der Waals surface area contributed by atoms with Gasteiger partial charge in [0.2, 0.25) is 0 Å². The molecule has 88 valence electrons. The molecule has 1 aromatic carbocycles. The largest absolute Gasteiger partial charge is 0.271 e. The number of pyridine rings is 1. The molecule has 0 aliphatic heterocycles. The lowest BCUT2D eigenvalue weighted by Gasteiger charge is -2.17. The Balaban J connectivity index is 2.44. The first-order valence-corrected chi connectivity index (χ1v) is 5.73. The Morgan fingerprint density at radius 2 is 2.06 bits per heavy atom. The maximum absolute atomic E-state index is 6.16. The lowest BCUT2D eigenvalue weighted by Crippen LogP contribution is -2.29. The molecule has 17 heavy (non-hydrogen) atoms. The van der Waals surface area contributed by atoms with Gasteiger partial charge >= 0.3 is 0 Å². The fourth-order valence-corrected chi connectivity index (χ4v) is 2.01. The Morgan fingerprint density at radius 3 is 2.71 bits per heavy atom. The van der Waals surface area contributed by atoms with Gasteiger partial charge in [-0.3, -0.25) is 10.8 Å². The van der Waals surface area contributed by atoms with Crippen LogP contribution < -0.4 is 11.3 Å². The van der Waals surface area contributed by atoms with Crippen LogP contribution in [0.4, 0.5) is 0 Å². The van der Waals surface area contributed by atoms with Crippen LogP contribution in [0.3, 0.4) is 0 Å². The van der Waals surface area contributed by atoms with Gasteiger partial charge in [0.15, 0.2) is 0 Å². The highest BCUT2D eigenvalue weighted by Gasteiger charge is 2.16. The lowest BCUT2D eigenvalue weighted by atomic mass is 10.0. The van der Waals surface area contributed by atoms with Crippen molar-refractivity contribution in [1.29, 1.82) is 0 Å². The first-order chi connectivity index (χ1) is 8.22. The SMILES string of the molecule is Cc1ccnc(C(NN)c2ccccc2Cl)c1. The van der Waals surface area contributed by atoms with Gasteiger partial charge in [-0.25, -0.2) is 5.43 Å². The van der Waals surface area contributed by atoms with E-state index in [0.717, 1.165) is 16.8 Å². The molecule has 1 heterocycles. The molecule has 2 aromatic rings. The van der Waals surface area contributed by atoms with Crippen LogP contribution in [-0.4, -0.2) is 4.98 Å². The van der Waals surface area contributed by atoms with Crippen LogP contribution in [0.2, 0.25) is 5.02 Å². The van der Waals surface area contributed by atoms with Crippen molar-refractivity contribution in [3.8, 4) is 0 Å². The number of rotatable bonds is 3.